The lowest BCUT2D eigenvalue weighted by atomic mass is 10.1. The second-order valence-corrected chi connectivity index (χ2v) is 4.33. The number of aromatic nitrogens is 1. The van der Waals surface area contributed by atoms with Gasteiger partial charge in [-0.05, 0) is 18.6 Å². The Balaban J connectivity index is 2.42. The van der Waals surface area contributed by atoms with Crippen LogP contribution in [0.2, 0.25) is 0 Å². The maximum atomic E-state index is 12.2. The van der Waals surface area contributed by atoms with Crippen LogP contribution in [0.1, 0.15) is 16.8 Å². The second-order valence-electron chi connectivity index (χ2n) is 4.33. The van der Waals surface area contributed by atoms with E-state index in [4.69, 9.17) is 5.11 Å². The van der Waals surface area contributed by atoms with Gasteiger partial charge in [0.25, 0.3) is 5.91 Å². The van der Waals surface area contributed by atoms with Gasteiger partial charge >= 0.3 is 0 Å². The zero-order valence-corrected chi connectivity index (χ0v) is 10.7. The van der Waals surface area contributed by atoms with Gasteiger partial charge in [0.15, 0.2) is 0 Å². The van der Waals surface area contributed by atoms with Crippen LogP contribution in [-0.2, 0) is 7.05 Å². The molecule has 0 saturated heterocycles. The number of hydrogen-bond donors (Lipinski definition) is 2. The Kier molecular flexibility index (Phi) is 3.97. The molecule has 0 bridgehead atoms. The van der Waals surface area contributed by atoms with Gasteiger partial charge < -0.3 is 15.0 Å². The van der Waals surface area contributed by atoms with Crippen molar-refractivity contribution < 1.29 is 9.90 Å². The van der Waals surface area contributed by atoms with Crippen molar-refractivity contribution in [2.75, 3.05) is 13.2 Å². The number of para-hydroxylation sites is 1. The molecule has 0 aliphatic rings. The Hall–Kier alpha value is -2.14. The fourth-order valence-corrected chi connectivity index (χ4v) is 1.98. The lowest BCUT2D eigenvalue weighted by Crippen LogP contribution is -2.30. The Morgan fingerprint density at radius 3 is 2.84 bits per heavy atom. The second kappa shape index (κ2) is 5.67. The van der Waals surface area contributed by atoms with Crippen molar-refractivity contribution in [3.8, 4) is 0 Å². The maximum absolute atomic E-state index is 12.2. The summed E-state index contributed by atoms with van der Waals surface area (Å²) in [5.41, 5.74) is 0.647. The van der Waals surface area contributed by atoms with Crippen LogP contribution in [0.15, 0.2) is 35.3 Å². The van der Waals surface area contributed by atoms with Crippen molar-refractivity contribution in [1.82, 2.24) is 9.88 Å². The SMILES string of the molecule is Cn1cc(C(=O)NCCCO)c(=O)c2ccccc21. The number of aryl methyl sites for hydroxylation is 1. The third-order valence-corrected chi connectivity index (χ3v) is 2.96. The predicted molar refractivity (Wildman–Crippen MR) is 73.2 cm³/mol. The van der Waals surface area contributed by atoms with E-state index in [1.807, 2.05) is 12.1 Å². The van der Waals surface area contributed by atoms with Gasteiger partial charge in [0.1, 0.15) is 5.56 Å². The molecular formula is C14H16N2O3. The van der Waals surface area contributed by atoms with Gasteiger partial charge in [0.05, 0.1) is 5.52 Å². The Bertz CT molecular complexity index is 661. The minimum absolute atomic E-state index is 0.00993. The van der Waals surface area contributed by atoms with Gasteiger partial charge in [-0.15, -0.1) is 0 Å². The largest absolute Gasteiger partial charge is 0.396 e. The van der Waals surface area contributed by atoms with E-state index in [0.717, 1.165) is 5.52 Å². The van der Waals surface area contributed by atoms with E-state index in [0.29, 0.717) is 18.4 Å². The van der Waals surface area contributed by atoms with Gasteiger partial charge in [0.2, 0.25) is 5.43 Å². The summed E-state index contributed by atoms with van der Waals surface area (Å²) >= 11 is 0. The Labute approximate surface area is 110 Å². The van der Waals surface area contributed by atoms with E-state index in [1.165, 1.54) is 0 Å². The molecule has 100 valence electrons. The minimum atomic E-state index is -0.403. The van der Waals surface area contributed by atoms with Crippen molar-refractivity contribution in [3.05, 3.63) is 46.2 Å². The first kappa shape index (κ1) is 13.3. The van der Waals surface area contributed by atoms with Gasteiger partial charge in [-0.2, -0.15) is 0 Å². The first-order chi connectivity index (χ1) is 9.15. The van der Waals surface area contributed by atoms with E-state index in [1.54, 1.807) is 29.9 Å². The number of hydrogen-bond acceptors (Lipinski definition) is 3. The Morgan fingerprint density at radius 1 is 1.37 bits per heavy atom. The van der Waals surface area contributed by atoms with E-state index in [-0.39, 0.29) is 17.6 Å². The van der Waals surface area contributed by atoms with Crippen LogP contribution in [0.3, 0.4) is 0 Å². The van der Waals surface area contributed by atoms with Crippen LogP contribution >= 0.6 is 0 Å². The third kappa shape index (κ3) is 2.66. The van der Waals surface area contributed by atoms with Crippen molar-refractivity contribution in [2.24, 2.45) is 7.05 Å². The molecular weight excluding hydrogens is 244 g/mol. The van der Waals surface area contributed by atoms with Crippen molar-refractivity contribution >= 4 is 16.8 Å². The van der Waals surface area contributed by atoms with E-state index in [9.17, 15) is 9.59 Å². The fourth-order valence-electron chi connectivity index (χ4n) is 1.98. The number of nitrogens with one attached hydrogen (secondary N) is 1. The molecule has 2 aromatic rings. The van der Waals surface area contributed by atoms with Gasteiger partial charge in [-0.25, -0.2) is 0 Å². The number of pyridine rings is 1. The molecule has 5 nitrogen and oxygen atoms in total. The van der Waals surface area contributed by atoms with Gasteiger partial charge in [0, 0.05) is 31.8 Å². The van der Waals surface area contributed by atoms with Gasteiger partial charge in [-0.1, -0.05) is 12.1 Å². The predicted octanol–water partition coefficient (Wildman–Crippen LogP) is 0.651. The Morgan fingerprint density at radius 2 is 2.11 bits per heavy atom. The molecule has 0 fully saturated rings. The molecule has 1 amide bonds. The third-order valence-electron chi connectivity index (χ3n) is 2.96. The number of fused-ring (bicyclic) bond motifs is 1. The average Bonchev–Trinajstić information content (AvgIpc) is 2.43. The van der Waals surface area contributed by atoms with Crippen LogP contribution in [0.5, 0.6) is 0 Å². The lowest BCUT2D eigenvalue weighted by molar-refractivity contribution is 0.0949. The number of rotatable bonds is 4. The van der Waals surface area contributed by atoms with E-state index in [2.05, 4.69) is 5.32 Å². The first-order valence-corrected chi connectivity index (χ1v) is 6.12. The zero-order chi connectivity index (χ0) is 13.8. The summed E-state index contributed by atoms with van der Waals surface area (Å²) in [5, 5.41) is 11.8. The number of benzene rings is 1. The summed E-state index contributed by atoms with van der Waals surface area (Å²) in [6, 6.07) is 7.17. The first-order valence-electron chi connectivity index (χ1n) is 6.12. The standard InChI is InChI=1S/C14H16N2O3/c1-16-9-11(14(19)15-7-4-8-17)13(18)10-5-2-3-6-12(10)16/h2-3,5-6,9,17H,4,7-8H2,1H3,(H,15,19). The monoisotopic (exact) mass is 260 g/mol. The van der Waals surface area contributed by atoms with Crippen LogP contribution in [0.25, 0.3) is 10.9 Å². The van der Waals surface area contributed by atoms with Gasteiger partial charge in [-0.3, -0.25) is 9.59 Å². The van der Waals surface area contributed by atoms with Crippen LogP contribution in [-0.4, -0.2) is 28.7 Å². The molecule has 5 heteroatoms. The summed E-state index contributed by atoms with van der Waals surface area (Å²) in [6.07, 6.45) is 2.01. The summed E-state index contributed by atoms with van der Waals surface area (Å²) in [4.78, 5) is 24.2. The number of aliphatic hydroxyl groups is 1. The van der Waals surface area contributed by atoms with Crippen molar-refractivity contribution in [1.29, 1.82) is 0 Å². The molecule has 0 aliphatic heterocycles. The molecule has 0 spiro atoms. The number of carbonyl (C=O) groups is 1. The summed E-state index contributed by atoms with van der Waals surface area (Å²) in [7, 11) is 1.80. The highest BCUT2D eigenvalue weighted by Gasteiger charge is 2.13. The normalized spacial score (nSPS) is 10.6. The lowest BCUT2D eigenvalue weighted by Gasteiger charge is -2.09. The number of nitrogens with zero attached hydrogens (tertiary/aromatic N) is 1. The molecule has 0 saturated carbocycles. The summed E-state index contributed by atoms with van der Waals surface area (Å²) in [6.45, 7) is 0.362. The minimum Gasteiger partial charge on any atom is -0.396 e. The quantitative estimate of drug-likeness (QED) is 0.793. The fraction of sp³-hybridized carbons (Fsp3) is 0.286. The number of aliphatic hydroxyl groups excluding tert-OH is 1. The summed E-state index contributed by atoms with van der Waals surface area (Å²) < 4.78 is 1.76. The van der Waals surface area contributed by atoms with E-state index >= 15 is 0 Å². The summed E-state index contributed by atoms with van der Waals surface area (Å²) in [5.74, 6) is -0.403. The molecule has 0 aliphatic carbocycles. The molecule has 2 N–H and O–H groups in total. The molecule has 2 rings (SSSR count). The molecule has 0 unspecified atom stereocenters. The maximum Gasteiger partial charge on any atom is 0.256 e. The molecule has 1 aromatic carbocycles. The molecule has 0 radical (unpaired) electrons. The molecule has 19 heavy (non-hydrogen) atoms. The topological polar surface area (TPSA) is 71.3 Å². The highest BCUT2D eigenvalue weighted by Crippen LogP contribution is 2.09. The molecule has 1 heterocycles. The number of amides is 1. The smallest absolute Gasteiger partial charge is 0.256 e. The van der Waals surface area contributed by atoms with Crippen LogP contribution in [0, 0.1) is 0 Å². The molecule has 1 aromatic heterocycles. The highest BCUT2D eigenvalue weighted by atomic mass is 16.3. The average molecular weight is 260 g/mol. The van der Waals surface area contributed by atoms with Crippen molar-refractivity contribution in [2.45, 2.75) is 6.42 Å². The van der Waals surface area contributed by atoms with Crippen LogP contribution < -0.4 is 10.7 Å². The molecule has 0 atom stereocenters. The zero-order valence-electron chi connectivity index (χ0n) is 10.7. The highest BCUT2D eigenvalue weighted by molar-refractivity contribution is 5.97. The van der Waals surface area contributed by atoms with E-state index < -0.39 is 5.91 Å². The number of carbonyl (C=O) groups excluding carboxylic acids is 1. The van der Waals surface area contributed by atoms with Crippen molar-refractivity contribution in [3.63, 3.8) is 0 Å². The van der Waals surface area contributed by atoms with Crippen LogP contribution in [0.4, 0.5) is 0 Å².